The van der Waals surface area contributed by atoms with Gasteiger partial charge in [-0.05, 0) is 52.7 Å². The fraction of sp³-hybridized carbons (Fsp3) is 0.938. The SMILES string of the molecule is CCN(CC)CCCC(C)NC(=NC)NCCCNS(=O)(=O)CC. The summed E-state index contributed by atoms with van der Waals surface area (Å²) < 4.78 is 25.2. The van der Waals surface area contributed by atoms with Crippen molar-refractivity contribution in [2.24, 2.45) is 4.99 Å². The van der Waals surface area contributed by atoms with Crippen molar-refractivity contribution in [1.29, 1.82) is 0 Å². The summed E-state index contributed by atoms with van der Waals surface area (Å²) >= 11 is 0. The van der Waals surface area contributed by atoms with Crippen LogP contribution in [-0.4, -0.2) is 70.8 Å². The normalized spacial score (nSPS) is 14.0. The maximum atomic E-state index is 11.3. The topological polar surface area (TPSA) is 85.8 Å². The van der Waals surface area contributed by atoms with Crippen LogP contribution in [0.3, 0.4) is 0 Å². The molecule has 0 aliphatic heterocycles. The van der Waals surface area contributed by atoms with Crippen molar-refractivity contribution in [3.63, 3.8) is 0 Å². The van der Waals surface area contributed by atoms with Crippen molar-refractivity contribution in [1.82, 2.24) is 20.3 Å². The third-order valence-electron chi connectivity index (χ3n) is 3.96. The van der Waals surface area contributed by atoms with Crippen LogP contribution in [0.5, 0.6) is 0 Å². The van der Waals surface area contributed by atoms with E-state index in [2.05, 4.69) is 46.0 Å². The molecule has 0 spiro atoms. The Morgan fingerprint density at radius 1 is 1.12 bits per heavy atom. The molecular formula is C16H37N5O2S. The van der Waals surface area contributed by atoms with E-state index in [1.54, 1.807) is 14.0 Å². The zero-order chi connectivity index (χ0) is 18.4. The smallest absolute Gasteiger partial charge is 0.211 e. The van der Waals surface area contributed by atoms with E-state index in [9.17, 15) is 8.42 Å². The number of rotatable bonds is 13. The lowest BCUT2D eigenvalue weighted by molar-refractivity contribution is 0.292. The number of nitrogens with zero attached hydrogens (tertiary/aromatic N) is 2. The highest BCUT2D eigenvalue weighted by Crippen LogP contribution is 1.99. The largest absolute Gasteiger partial charge is 0.356 e. The number of sulfonamides is 1. The van der Waals surface area contributed by atoms with Gasteiger partial charge in [-0.15, -0.1) is 0 Å². The molecular weight excluding hydrogens is 326 g/mol. The first-order chi connectivity index (χ1) is 11.4. The van der Waals surface area contributed by atoms with Gasteiger partial charge < -0.3 is 15.5 Å². The van der Waals surface area contributed by atoms with E-state index in [1.807, 2.05) is 0 Å². The number of nitrogens with one attached hydrogen (secondary N) is 3. The monoisotopic (exact) mass is 363 g/mol. The van der Waals surface area contributed by atoms with Gasteiger partial charge in [0, 0.05) is 26.2 Å². The zero-order valence-electron chi connectivity index (χ0n) is 16.1. The Morgan fingerprint density at radius 2 is 1.79 bits per heavy atom. The quantitative estimate of drug-likeness (QED) is 0.258. The standard InChI is InChI=1S/C16H37N5O2S/c1-6-21(7-2)14-9-11-15(4)20-16(17-5)18-12-10-13-19-24(22,23)8-3/h15,19H,6-14H2,1-5H3,(H2,17,18,20). The van der Waals surface area contributed by atoms with E-state index in [4.69, 9.17) is 0 Å². The van der Waals surface area contributed by atoms with Gasteiger partial charge in [-0.2, -0.15) is 0 Å². The minimum absolute atomic E-state index is 0.120. The van der Waals surface area contributed by atoms with E-state index in [-0.39, 0.29) is 5.75 Å². The molecule has 0 radical (unpaired) electrons. The minimum atomic E-state index is -3.09. The minimum Gasteiger partial charge on any atom is -0.356 e. The van der Waals surface area contributed by atoms with Crippen LogP contribution in [0.4, 0.5) is 0 Å². The van der Waals surface area contributed by atoms with Crippen LogP contribution in [0.25, 0.3) is 0 Å². The lowest BCUT2D eigenvalue weighted by atomic mass is 10.2. The third-order valence-corrected chi connectivity index (χ3v) is 5.36. The van der Waals surface area contributed by atoms with Gasteiger partial charge in [0.1, 0.15) is 0 Å². The maximum Gasteiger partial charge on any atom is 0.211 e. The molecule has 0 heterocycles. The molecule has 1 unspecified atom stereocenters. The number of hydrogen-bond donors (Lipinski definition) is 3. The average Bonchev–Trinajstić information content (AvgIpc) is 2.57. The molecule has 8 heteroatoms. The van der Waals surface area contributed by atoms with Gasteiger partial charge >= 0.3 is 0 Å². The van der Waals surface area contributed by atoms with Crippen molar-refractivity contribution in [2.75, 3.05) is 45.5 Å². The van der Waals surface area contributed by atoms with E-state index >= 15 is 0 Å². The van der Waals surface area contributed by atoms with Gasteiger partial charge in [-0.1, -0.05) is 13.8 Å². The second kappa shape index (κ2) is 13.4. The van der Waals surface area contributed by atoms with Crippen molar-refractivity contribution in [3.8, 4) is 0 Å². The van der Waals surface area contributed by atoms with Crippen molar-refractivity contribution >= 4 is 16.0 Å². The molecule has 0 saturated heterocycles. The predicted molar refractivity (Wildman–Crippen MR) is 103 cm³/mol. The van der Waals surface area contributed by atoms with E-state index in [0.717, 1.165) is 44.9 Å². The molecule has 1 atom stereocenters. The molecule has 0 aliphatic rings. The molecule has 0 amide bonds. The Kier molecular flexibility index (Phi) is 13.0. The summed E-state index contributed by atoms with van der Waals surface area (Å²) in [4.78, 5) is 6.64. The second-order valence-corrected chi connectivity index (χ2v) is 7.96. The number of hydrogen-bond acceptors (Lipinski definition) is 4. The molecule has 0 fully saturated rings. The maximum absolute atomic E-state index is 11.3. The molecule has 0 saturated carbocycles. The first kappa shape index (κ1) is 23.1. The summed E-state index contributed by atoms with van der Waals surface area (Å²) in [5.74, 6) is 0.887. The fourth-order valence-electron chi connectivity index (χ4n) is 2.29. The molecule has 0 aromatic heterocycles. The summed E-state index contributed by atoms with van der Waals surface area (Å²) in [5, 5.41) is 6.60. The molecule has 0 bridgehead atoms. The summed E-state index contributed by atoms with van der Waals surface area (Å²) in [5.41, 5.74) is 0. The van der Waals surface area contributed by atoms with E-state index in [0.29, 0.717) is 19.1 Å². The Hall–Kier alpha value is -0.860. The van der Waals surface area contributed by atoms with Gasteiger partial charge in [-0.3, -0.25) is 4.99 Å². The van der Waals surface area contributed by atoms with Crippen LogP contribution in [0.2, 0.25) is 0 Å². The fourth-order valence-corrected chi connectivity index (χ4v) is 2.95. The highest BCUT2D eigenvalue weighted by atomic mass is 32.2. The molecule has 3 N–H and O–H groups in total. The van der Waals surface area contributed by atoms with Crippen LogP contribution in [0.15, 0.2) is 4.99 Å². The lowest BCUT2D eigenvalue weighted by Crippen LogP contribution is -2.43. The van der Waals surface area contributed by atoms with Crippen LogP contribution in [0.1, 0.15) is 47.0 Å². The Bertz CT molecular complexity index is 436. The second-order valence-electron chi connectivity index (χ2n) is 5.86. The molecule has 7 nitrogen and oxygen atoms in total. The van der Waals surface area contributed by atoms with Crippen LogP contribution in [-0.2, 0) is 10.0 Å². The van der Waals surface area contributed by atoms with Gasteiger partial charge in [-0.25, -0.2) is 13.1 Å². The van der Waals surface area contributed by atoms with E-state index < -0.39 is 10.0 Å². The van der Waals surface area contributed by atoms with Gasteiger partial charge in [0.15, 0.2) is 5.96 Å². The highest BCUT2D eigenvalue weighted by molar-refractivity contribution is 7.89. The van der Waals surface area contributed by atoms with Gasteiger partial charge in [0.05, 0.1) is 5.75 Å². The molecule has 0 aromatic rings. The van der Waals surface area contributed by atoms with Crippen LogP contribution in [0, 0.1) is 0 Å². The zero-order valence-corrected chi connectivity index (χ0v) is 16.9. The van der Waals surface area contributed by atoms with Gasteiger partial charge in [0.25, 0.3) is 0 Å². The molecule has 0 aromatic carbocycles. The van der Waals surface area contributed by atoms with Crippen LogP contribution < -0.4 is 15.4 Å². The van der Waals surface area contributed by atoms with Crippen LogP contribution >= 0.6 is 0 Å². The molecule has 24 heavy (non-hydrogen) atoms. The Balaban J connectivity index is 3.90. The molecule has 0 rings (SSSR count). The van der Waals surface area contributed by atoms with Gasteiger partial charge in [0.2, 0.25) is 10.0 Å². The Morgan fingerprint density at radius 3 is 2.33 bits per heavy atom. The summed E-state index contributed by atoms with van der Waals surface area (Å²) in [6.45, 7) is 12.6. The number of guanidine groups is 1. The number of aliphatic imine (C=N–C) groups is 1. The third kappa shape index (κ3) is 11.6. The Labute approximate surface area is 148 Å². The summed E-state index contributed by atoms with van der Waals surface area (Å²) in [6.07, 6.45) is 2.97. The average molecular weight is 364 g/mol. The van der Waals surface area contributed by atoms with Crippen molar-refractivity contribution in [3.05, 3.63) is 0 Å². The summed E-state index contributed by atoms with van der Waals surface area (Å²) in [7, 11) is -1.35. The predicted octanol–water partition coefficient (Wildman–Crippen LogP) is 0.991. The van der Waals surface area contributed by atoms with Crippen molar-refractivity contribution in [2.45, 2.75) is 53.0 Å². The lowest BCUT2D eigenvalue weighted by Gasteiger charge is -2.21. The summed E-state index contributed by atoms with van der Waals surface area (Å²) in [6, 6.07) is 0.352. The van der Waals surface area contributed by atoms with Crippen molar-refractivity contribution < 1.29 is 8.42 Å². The molecule has 0 aliphatic carbocycles. The highest BCUT2D eigenvalue weighted by Gasteiger charge is 2.07. The van der Waals surface area contributed by atoms with E-state index in [1.165, 1.54) is 0 Å². The first-order valence-electron chi connectivity index (χ1n) is 9.05. The molecule has 144 valence electrons. The first-order valence-corrected chi connectivity index (χ1v) is 10.7.